The fraction of sp³-hybridized carbons (Fsp3) is 0.667. The normalized spacial score (nSPS) is 15.5. The Kier molecular flexibility index (Phi) is 4.59. The van der Waals surface area contributed by atoms with E-state index in [1.54, 1.807) is 0 Å². The maximum absolute atomic E-state index is 10.9. The van der Waals surface area contributed by atoms with Crippen LogP contribution in [0.3, 0.4) is 0 Å². The molecule has 0 aromatic heterocycles. The van der Waals surface area contributed by atoms with Gasteiger partial charge in [0.05, 0.1) is 0 Å². The molecule has 0 aliphatic heterocycles. The van der Waals surface area contributed by atoms with Gasteiger partial charge in [-0.3, -0.25) is 4.79 Å². The first kappa shape index (κ1) is 10.2. The molecule has 0 heterocycles. The van der Waals surface area contributed by atoms with Crippen LogP contribution < -0.4 is 5.73 Å². The number of allylic oxidation sites excluding steroid dienone is 1. The van der Waals surface area contributed by atoms with Gasteiger partial charge in [0.15, 0.2) is 0 Å². The number of carbonyl (C=O) groups is 1. The number of amides is 1. The minimum Gasteiger partial charge on any atom is -0.369 e. The predicted octanol–water partition coefficient (Wildman–Crippen LogP) is 1.71. The van der Waals surface area contributed by atoms with Gasteiger partial charge in [0.2, 0.25) is 5.91 Å². The maximum Gasteiger partial charge on any atom is 0.221 e. The molecule has 64 valence electrons. The molecule has 2 nitrogen and oxygen atoms in total. The van der Waals surface area contributed by atoms with Crippen molar-refractivity contribution in [3.8, 4) is 0 Å². The third kappa shape index (κ3) is 2.74. The van der Waals surface area contributed by atoms with Gasteiger partial charge in [0.25, 0.3) is 0 Å². The van der Waals surface area contributed by atoms with Gasteiger partial charge in [-0.1, -0.05) is 19.9 Å². The summed E-state index contributed by atoms with van der Waals surface area (Å²) in [5.74, 6) is 0.00856. The highest BCUT2D eigenvalue weighted by Gasteiger charge is 2.20. The van der Waals surface area contributed by atoms with Crippen molar-refractivity contribution in [3.05, 3.63) is 12.7 Å². The van der Waals surface area contributed by atoms with Gasteiger partial charge in [-0.2, -0.15) is 0 Å². The van der Waals surface area contributed by atoms with E-state index in [1.165, 1.54) is 0 Å². The average Bonchev–Trinajstić information content (AvgIpc) is 1.99. The monoisotopic (exact) mass is 155 g/mol. The Morgan fingerprint density at radius 2 is 2.09 bits per heavy atom. The summed E-state index contributed by atoms with van der Waals surface area (Å²) in [7, 11) is 0. The highest BCUT2D eigenvalue weighted by Crippen LogP contribution is 2.19. The lowest BCUT2D eigenvalue weighted by Gasteiger charge is -2.17. The van der Waals surface area contributed by atoms with Gasteiger partial charge < -0.3 is 5.73 Å². The Hall–Kier alpha value is -0.790. The fourth-order valence-corrected chi connectivity index (χ4v) is 1.33. The van der Waals surface area contributed by atoms with Crippen molar-refractivity contribution in [2.24, 2.45) is 17.6 Å². The first-order chi connectivity index (χ1) is 5.17. The van der Waals surface area contributed by atoms with Crippen molar-refractivity contribution in [2.45, 2.75) is 26.7 Å². The fourth-order valence-electron chi connectivity index (χ4n) is 1.33. The molecule has 0 saturated carbocycles. The van der Waals surface area contributed by atoms with Gasteiger partial charge in [0, 0.05) is 5.92 Å². The van der Waals surface area contributed by atoms with Crippen LogP contribution in [0, 0.1) is 11.8 Å². The Morgan fingerprint density at radius 3 is 2.18 bits per heavy atom. The van der Waals surface area contributed by atoms with Crippen LogP contribution in [0.15, 0.2) is 12.7 Å². The molecule has 0 aliphatic rings. The molecule has 0 aliphatic carbocycles. The van der Waals surface area contributed by atoms with E-state index < -0.39 is 0 Å². The second-order valence-corrected chi connectivity index (χ2v) is 2.72. The molecule has 0 aromatic carbocycles. The summed E-state index contributed by atoms with van der Waals surface area (Å²) in [5, 5.41) is 0. The minimum absolute atomic E-state index is 0.0301. The molecule has 2 unspecified atom stereocenters. The van der Waals surface area contributed by atoms with Crippen LogP contribution in [-0.4, -0.2) is 5.91 Å². The third-order valence-electron chi connectivity index (χ3n) is 2.10. The lowest BCUT2D eigenvalue weighted by atomic mass is 9.87. The van der Waals surface area contributed by atoms with Crippen molar-refractivity contribution in [2.75, 3.05) is 0 Å². The molecular formula is C9H17NO. The lowest BCUT2D eigenvalue weighted by molar-refractivity contribution is -0.123. The molecule has 0 fully saturated rings. The standard InChI is InChI=1S/C9H17NO/c1-4-7(5-2)8(6-3)9(10)11/h4,7-8H,1,5-6H2,2-3H3,(H2,10,11). The first-order valence-corrected chi connectivity index (χ1v) is 4.09. The summed E-state index contributed by atoms with van der Waals surface area (Å²) in [4.78, 5) is 10.9. The number of hydrogen-bond acceptors (Lipinski definition) is 1. The molecule has 11 heavy (non-hydrogen) atoms. The molecule has 2 atom stereocenters. The van der Waals surface area contributed by atoms with Gasteiger partial charge in [-0.05, 0) is 18.8 Å². The smallest absolute Gasteiger partial charge is 0.221 e. The lowest BCUT2D eigenvalue weighted by Crippen LogP contribution is -2.28. The van der Waals surface area contributed by atoms with Crippen LogP contribution in [-0.2, 0) is 4.79 Å². The molecule has 0 bridgehead atoms. The summed E-state index contributed by atoms with van der Waals surface area (Å²) in [6.07, 6.45) is 3.56. The van der Waals surface area contributed by atoms with Crippen LogP contribution in [0.5, 0.6) is 0 Å². The Bertz CT molecular complexity index is 142. The number of rotatable bonds is 5. The molecule has 0 saturated heterocycles. The zero-order valence-electron chi connectivity index (χ0n) is 7.34. The van der Waals surface area contributed by atoms with E-state index in [2.05, 4.69) is 6.58 Å². The Labute approximate surface area is 68.5 Å². The zero-order chi connectivity index (χ0) is 8.85. The van der Waals surface area contributed by atoms with Crippen LogP contribution in [0.4, 0.5) is 0 Å². The van der Waals surface area contributed by atoms with Crippen LogP contribution >= 0.6 is 0 Å². The second kappa shape index (κ2) is 4.94. The second-order valence-electron chi connectivity index (χ2n) is 2.72. The molecule has 0 spiro atoms. The van der Waals surface area contributed by atoms with Gasteiger partial charge in [-0.15, -0.1) is 6.58 Å². The molecule has 2 heteroatoms. The van der Waals surface area contributed by atoms with E-state index in [4.69, 9.17) is 5.73 Å². The quantitative estimate of drug-likeness (QED) is 0.603. The largest absolute Gasteiger partial charge is 0.369 e. The summed E-state index contributed by atoms with van der Waals surface area (Å²) < 4.78 is 0. The van der Waals surface area contributed by atoms with E-state index in [0.717, 1.165) is 12.8 Å². The number of primary amides is 1. The highest BCUT2D eigenvalue weighted by atomic mass is 16.1. The average molecular weight is 155 g/mol. The zero-order valence-corrected chi connectivity index (χ0v) is 7.34. The highest BCUT2D eigenvalue weighted by molar-refractivity contribution is 5.77. The molecular weight excluding hydrogens is 138 g/mol. The Morgan fingerprint density at radius 1 is 1.55 bits per heavy atom. The van der Waals surface area contributed by atoms with Gasteiger partial charge in [-0.25, -0.2) is 0 Å². The van der Waals surface area contributed by atoms with Crippen molar-refractivity contribution in [1.29, 1.82) is 0 Å². The Balaban J connectivity index is 4.20. The van der Waals surface area contributed by atoms with E-state index in [0.29, 0.717) is 0 Å². The van der Waals surface area contributed by atoms with Gasteiger partial charge >= 0.3 is 0 Å². The van der Waals surface area contributed by atoms with E-state index in [9.17, 15) is 4.79 Å². The first-order valence-electron chi connectivity index (χ1n) is 4.09. The molecule has 2 N–H and O–H groups in total. The van der Waals surface area contributed by atoms with E-state index in [-0.39, 0.29) is 17.7 Å². The summed E-state index contributed by atoms with van der Waals surface area (Å²) in [6.45, 7) is 7.69. The molecule has 1 amide bonds. The predicted molar refractivity (Wildman–Crippen MR) is 47.0 cm³/mol. The summed E-state index contributed by atoms with van der Waals surface area (Å²) in [6, 6.07) is 0. The number of nitrogens with two attached hydrogens (primary N) is 1. The van der Waals surface area contributed by atoms with Crippen LogP contribution in [0.2, 0.25) is 0 Å². The van der Waals surface area contributed by atoms with Crippen molar-refractivity contribution < 1.29 is 4.79 Å². The SMILES string of the molecule is C=CC(CC)C(CC)C(N)=O. The van der Waals surface area contributed by atoms with Crippen molar-refractivity contribution in [3.63, 3.8) is 0 Å². The molecule has 0 rings (SSSR count). The van der Waals surface area contributed by atoms with E-state index in [1.807, 2.05) is 19.9 Å². The summed E-state index contributed by atoms with van der Waals surface area (Å²) in [5.41, 5.74) is 5.21. The summed E-state index contributed by atoms with van der Waals surface area (Å²) >= 11 is 0. The van der Waals surface area contributed by atoms with Crippen molar-refractivity contribution >= 4 is 5.91 Å². The van der Waals surface area contributed by atoms with Crippen molar-refractivity contribution in [1.82, 2.24) is 0 Å². The third-order valence-corrected chi connectivity index (χ3v) is 2.10. The molecule has 0 radical (unpaired) electrons. The van der Waals surface area contributed by atoms with Gasteiger partial charge in [0.1, 0.15) is 0 Å². The topological polar surface area (TPSA) is 43.1 Å². The number of hydrogen-bond donors (Lipinski definition) is 1. The van der Waals surface area contributed by atoms with Crippen LogP contribution in [0.25, 0.3) is 0 Å². The van der Waals surface area contributed by atoms with E-state index >= 15 is 0 Å². The minimum atomic E-state index is -0.209. The molecule has 0 aromatic rings. The number of carbonyl (C=O) groups excluding carboxylic acids is 1. The maximum atomic E-state index is 10.9. The van der Waals surface area contributed by atoms with Crippen LogP contribution in [0.1, 0.15) is 26.7 Å².